The molecule has 8 heteroatoms. The number of hydrogen-bond acceptors (Lipinski definition) is 6. The topological polar surface area (TPSA) is 84.4 Å². The van der Waals surface area contributed by atoms with Crippen molar-refractivity contribution in [1.82, 2.24) is 19.8 Å². The highest BCUT2D eigenvalue weighted by Gasteiger charge is 2.36. The molecule has 156 valence electrons. The van der Waals surface area contributed by atoms with E-state index in [4.69, 9.17) is 4.74 Å². The third kappa shape index (κ3) is 4.93. The van der Waals surface area contributed by atoms with Gasteiger partial charge in [0.25, 0.3) is 5.91 Å². The molecule has 1 aliphatic carbocycles. The number of hydrogen-bond donors (Lipinski definition) is 1. The zero-order valence-electron chi connectivity index (χ0n) is 17.1. The normalized spacial score (nSPS) is 16.2. The molecule has 2 unspecified atom stereocenters. The van der Waals surface area contributed by atoms with Crippen LogP contribution in [0.3, 0.4) is 0 Å². The van der Waals surface area contributed by atoms with Crippen molar-refractivity contribution in [1.29, 1.82) is 0 Å². The fourth-order valence-corrected chi connectivity index (χ4v) is 4.16. The molecule has 7 nitrogen and oxygen atoms in total. The lowest BCUT2D eigenvalue weighted by Gasteiger charge is -2.36. The first-order valence-electron chi connectivity index (χ1n) is 10.1. The number of nitrogens with zero attached hydrogens (tertiary/aromatic N) is 3. The van der Waals surface area contributed by atoms with Gasteiger partial charge in [-0.1, -0.05) is 36.4 Å². The minimum Gasteiger partial charge on any atom is -0.497 e. The number of benzene rings is 1. The SMILES string of the molecule is CCC(C)N(C(=O)c1csnn1)C(C(=O)NC1CCCC1)c1ccc(OC)cc1. The van der Waals surface area contributed by atoms with E-state index in [-0.39, 0.29) is 29.6 Å². The highest BCUT2D eigenvalue weighted by molar-refractivity contribution is 7.03. The number of rotatable bonds is 8. The number of aromatic nitrogens is 2. The molecular formula is C21H28N4O3S. The molecule has 1 aromatic carbocycles. The second kappa shape index (κ2) is 9.82. The summed E-state index contributed by atoms with van der Waals surface area (Å²) in [5, 5.41) is 8.74. The van der Waals surface area contributed by atoms with Crippen LogP contribution in [-0.4, -0.2) is 45.5 Å². The van der Waals surface area contributed by atoms with Gasteiger partial charge < -0.3 is 15.0 Å². The second-order valence-electron chi connectivity index (χ2n) is 7.43. The Morgan fingerprint density at radius 1 is 1.28 bits per heavy atom. The van der Waals surface area contributed by atoms with Crippen molar-refractivity contribution in [3.8, 4) is 5.75 Å². The average molecular weight is 417 g/mol. The smallest absolute Gasteiger partial charge is 0.276 e. The van der Waals surface area contributed by atoms with Gasteiger partial charge in [0.15, 0.2) is 5.69 Å². The van der Waals surface area contributed by atoms with Gasteiger partial charge >= 0.3 is 0 Å². The van der Waals surface area contributed by atoms with Gasteiger partial charge in [-0.2, -0.15) is 0 Å². The van der Waals surface area contributed by atoms with Gasteiger partial charge in [0.2, 0.25) is 5.91 Å². The van der Waals surface area contributed by atoms with E-state index in [0.717, 1.165) is 42.8 Å². The highest BCUT2D eigenvalue weighted by atomic mass is 32.1. The lowest BCUT2D eigenvalue weighted by atomic mass is 10.00. The van der Waals surface area contributed by atoms with Crippen molar-refractivity contribution in [3.63, 3.8) is 0 Å². The third-order valence-corrected chi connectivity index (χ3v) is 6.04. The molecule has 1 heterocycles. The number of carbonyl (C=O) groups excluding carboxylic acids is 2. The van der Waals surface area contributed by atoms with Crippen LogP contribution in [0.2, 0.25) is 0 Å². The van der Waals surface area contributed by atoms with E-state index < -0.39 is 6.04 Å². The molecule has 3 rings (SSSR count). The molecule has 0 radical (unpaired) electrons. The molecule has 0 saturated heterocycles. The molecule has 2 amide bonds. The molecule has 1 fully saturated rings. The third-order valence-electron chi connectivity index (χ3n) is 5.54. The maximum atomic E-state index is 13.4. The highest BCUT2D eigenvalue weighted by Crippen LogP contribution is 2.29. The number of ether oxygens (including phenoxy) is 1. The first-order valence-corrected chi connectivity index (χ1v) is 10.9. The molecule has 29 heavy (non-hydrogen) atoms. The molecule has 1 aliphatic rings. The van der Waals surface area contributed by atoms with Gasteiger partial charge in [-0.3, -0.25) is 9.59 Å². The number of methoxy groups -OCH3 is 1. The van der Waals surface area contributed by atoms with Crippen LogP contribution in [0.15, 0.2) is 29.6 Å². The monoisotopic (exact) mass is 416 g/mol. The summed E-state index contributed by atoms with van der Waals surface area (Å²) in [7, 11) is 1.60. The van der Waals surface area contributed by atoms with Crippen molar-refractivity contribution >= 4 is 23.3 Å². The first-order chi connectivity index (χ1) is 14.0. The van der Waals surface area contributed by atoms with Gasteiger partial charge in [0, 0.05) is 17.5 Å². The Morgan fingerprint density at radius 3 is 2.52 bits per heavy atom. The number of amides is 2. The van der Waals surface area contributed by atoms with Gasteiger partial charge in [0.1, 0.15) is 11.8 Å². The molecule has 1 N–H and O–H groups in total. The predicted molar refractivity (Wildman–Crippen MR) is 112 cm³/mol. The van der Waals surface area contributed by atoms with Crippen LogP contribution in [-0.2, 0) is 4.79 Å². The predicted octanol–water partition coefficient (Wildman–Crippen LogP) is 3.59. The summed E-state index contributed by atoms with van der Waals surface area (Å²) in [6.07, 6.45) is 4.92. The Labute approximate surface area is 175 Å². The van der Waals surface area contributed by atoms with E-state index in [2.05, 4.69) is 14.9 Å². The van der Waals surface area contributed by atoms with Crippen LogP contribution in [0.4, 0.5) is 0 Å². The van der Waals surface area contributed by atoms with Gasteiger partial charge in [0.05, 0.1) is 7.11 Å². The van der Waals surface area contributed by atoms with E-state index in [9.17, 15) is 9.59 Å². The quantitative estimate of drug-likeness (QED) is 0.711. The summed E-state index contributed by atoms with van der Waals surface area (Å²) in [5.41, 5.74) is 1.01. The zero-order chi connectivity index (χ0) is 20.8. The van der Waals surface area contributed by atoms with Crippen LogP contribution in [0.5, 0.6) is 5.75 Å². The summed E-state index contributed by atoms with van der Waals surface area (Å²) in [4.78, 5) is 28.4. The molecule has 2 aromatic rings. The summed E-state index contributed by atoms with van der Waals surface area (Å²) < 4.78 is 9.08. The molecule has 1 saturated carbocycles. The Morgan fingerprint density at radius 2 is 1.97 bits per heavy atom. The van der Waals surface area contributed by atoms with E-state index in [1.165, 1.54) is 0 Å². The standard InChI is InChI=1S/C21H28N4O3S/c1-4-14(2)25(21(27)18-13-29-24-23-18)19(15-9-11-17(28-3)12-10-15)20(26)22-16-7-5-6-8-16/h9-14,16,19H,4-8H2,1-3H3,(H,22,26). The fourth-order valence-electron chi connectivity index (χ4n) is 3.73. The van der Waals surface area contributed by atoms with Crippen LogP contribution in [0.1, 0.15) is 68.0 Å². The van der Waals surface area contributed by atoms with E-state index in [0.29, 0.717) is 12.2 Å². The number of nitrogens with one attached hydrogen (secondary N) is 1. The molecule has 0 bridgehead atoms. The minimum absolute atomic E-state index is 0.148. The van der Waals surface area contributed by atoms with Crippen LogP contribution in [0.25, 0.3) is 0 Å². The summed E-state index contributed by atoms with van der Waals surface area (Å²) in [5.74, 6) is 0.267. The minimum atomic E-state index is -0.745. The molecule has 2 atom stereocenters. The van der Waals surface area contributed by atoms with Gasteiger partial charge in [-0.25, -0.2) is 0 Å². The van der Waals surface area contributed by atoms with E-state index in [1.54, 1.807) is 17.4 Å². The average Bonchev–Trinajstić information content (AvgIpc) is 3.45. The van der Waals surface area contributed by atoms with Gasteiger partial charge in [-0.15, -0.1) is 5.10 Å². The Hall–Kier alpha value is -2.48. The zero-order valence-corrected chi connectivity index (χ0v) is 17.9. The van der Waals surface area contributed by atoms with Crippen molar-refractivity contribution in [2.75, 3.05) is 7.11 Å². The van der Waals surface area contributed by atoms with Crippen molar-refractivity contribution in [2.45, 2.75) is 64.1 Å². The summed E-state index contributed by atoms with van der Waals surface area (Å²) >= 11 is 1.13. The van der Waals surface area contributed by atoms with Crippen molar-refractivity contribution in [2.24, 2.45) is 0 Å². The largest absolute Gasteiger partial charge is 0.497 e. The fraction of sp³-hybridized carbons (Fsp3) is 0.524. The maximum Gasteiger partial charge on any atom is 0.276 e. The van der Waals surface area contributed by atoms with Crippen LogP contribution >= 0.6 is 11.5 Å². The van der Waals surface area contributed by atoms with Crippen molar-refractivity contribution < 1.29 is 14.3 Å². The lowest BCUT2D eigenvalue weighted by molar-refractivity contribution is -0.127. The molecule has 1 aromatic heterocycles. The van der Waals surface area contributed by atoms with Crippen LogP contribution in [0, 0.1) is 0 Å². The summed E-state index contributed by atoms with van der Waals surface area (Å²) in [6.45, 7) is 3.96. The lowest BCUT2D eigenvalue weighted by Crippen LogP contribution is -2.49. The Kier molecular flexibility index (Phi) is 7.19. The van der Waals surface area contributed by atoms with Crippen LogP contribution < -0.4 is 10.1 Å². The molecular weight excluding hydrogens is 388 g/mol. The molecule has 0 spiro atoms. The van der Waals surface area contributed by atoms with Gasteiger partial charge in [-0.05, 0) is 55.4 Å². The Balaban J connectivity index is 1.98. The maximum absolute atomic E-state index is 13.4. The first kappa shape index (κ1) is 21.2. The van der Waals surface area contributed by atoms with Crippen molar-refractivity contribution in [3.05, 3.63) is 40.9 Å². The molecule has 0 aliphatic heterocycles. The number of carbonyl (C=O) groups is 2. The summed E-state index contributed by atoms with van der Waals surface area (Å²) in [6, 6.07) is 6.60. The van der Waals surface area contributed by atoms with E-state index in [1.807, 2.05) is 38.1 Å². The second-order valence-corrected chi connectivity index (χ2v) is 8.04. The van der Waals surface area contributed by atoms with E-state index >= 15 is 0 Å². The Bertz CT molecular complexity index is 804.